The van der Waals surface area contributed by atoms with E-state index in [1.54, 1.807) is 24.3 Å². The number of rotatable bonds is 4. The van der Waals surface area contributed by atoms with E-state index in [1.165, 1.54) is 19.4 Å². The molecule has 0 aliphatic rings. The van der Waals surface area contributed by atoms with Crippen molar-refractivity contribution in [1.82, 2.24) is 5.43 Å². The third-order valence-electron chi connectivity index (χ3n) is 3.02. The lowest BCUT2D eigenvalue weighted by Crippen LogP contribution is -2.17. The van der Waals surface area contributed by atoms with Crippen LogP contribution in [0.3, 0.4) is 0 Å². The summed E-state index contributed by atoms with van der Waals surface area (Å²) in [6.07, 6.45) is 1.44. The van der Waals surface area contributed by atoms with Crippen molar-refractivity contribution in [1.29, 1.82) is 0 Å². The molecule has 1 amide bonds. The summed E-state index contributed by atoms with van der Waals surface area (Å²) in [4.78, 5) is 12.0. The smallest absolute Gasteiger partial charge is 0.271 e. The lowest BCUT2D eigenvalue weighted by atomic mass is 10.1. The summed E-state index contributed by atoms with van der Waals surface area (Å²) < 4.78 is 5.82. The van der Waals surface area contributed by atoms with Crippen molar-refractivity contribution in [3.05, 3.63) is 57.6 Å². The molecule has 0 radical (unpaired) electrons. The summed E-state index contributed by atoms with van der Waals surface area (Å²) >= 11 is 3.38. The number of hydrazone groups is 1. The number of ether oxygens (including phenoxy) is 1. The van der Waals surface area contributed by atoms with E-state index in [9.17, 15) is 9.90 Å². The molecule has 0 bridgehead atoms. The van der Waals surface area contributed by atoms with Gasteiger partial charge in [-0.25, -0.2) is 5.43 Å². The normalized spacial score (nSPS) is 10.7. The summed E-state index contributed by atoms with van der Waals surface area (Å²) in [5.41, 5.74) is 4.64. The third-order valence-corrected chi connectivity index (χ3v) is 3.87. The molecule has 2 N–H and O–H groups in total. The molecule has 0 saturated heterocycles. The second kappa shape index (κ2) is 7.09. The highest BCUT2D eigenvalue weighted by molar-refractivity contribution is 9.10. The zero-order chi connectivity index (χ0) is 16.1. The first-order valence-corrected chi connectivity index (χ1v) is 7.27. The Bertz CT molecular complexity index is 729. The Morgan fingerprint density at radius 3 is 2.73 bits per heavy atom. The lowest BCUT2D eigenvalue weighted by Gasteiger charge is -2.04. The Hall–Kier alpha value is -2.34. The molecule has 6 heteroatoms. The molecule has 0 spiro atoms. The number of aryl methyl sites for hydroxylation is 1. The van der Waals surface area contributed by atoms with Crippen LogP contribution in [-0.4, -0.2) is 24.3 Å². The summed E-state index contributed by atoms with van der Waals surface area (Å²) in [5.74, 6) is 0.0839. The molecule has 0 heterocycles. The molecule has 2 aromatic rings. The van der Waals surface area contributed by atoms with E-state index >= 15 is 0 Å². The van der Waals surface area contributed by atoms with Gasteiger partial charge in [-0.3, -0.25) is 4.79 Å². The van der Waals surface area contributed by atoms with Crippen molar-refractivity contribution < 1.29 is 14.6 Å². The van der Waals surface area contributed by atoms with E-state index in [0.717, 1.165) is 10.0 Å². The van der Waals surface area contributed by atoms with Gasteiger partial charge in [0, 0.05) is 10.0 Å². The Balaban J connectivity index is 2.04. The van der Waals surface area contributed by atoms with Crippen LogP contribution >= 0.6 is 15.9 Å². The fourth-order valence-electron chi connectivity index (χ4n) is 1.75. The number of carbonyl (C=O) groups is 1. The largest absolute Gasteiger partial charge is 0.504 e. The molecule has 0 saturated carbocycles. The molecule has 0 aliphatic carbocycles. The number of halogens is 1. The summed E-state index contributed by atoms with van der Waals surface area (Å²) in [5, 5.41) is 13.5. The van der Waals surface area contributed by atoms with Crippen LogP contribution in [0.4, 0.5) is 0 Å². The standard InChI is InChI=1S/C16H15BrN2O3/c1-10-3-5-12(8-13(10)17)16(21)19-18-9-11-4-6-15(22-2)14(20)7-11/h3-9,20H,1-2H3,(H,19,21). The number of phenols is 1. The number of phenolic OH excluding ortho intramolecular Hbond substituents is 1. The van der Waals surface area contributed by atoms with E-state index in [-0.39, 0.29) is 11.7 Å². The SMILES string of the molecule is COc1ccc(C=NNC(=O)c2ccc(C)c(Br)c2)cc1O. The molecule has 114 valence electrons. The van der Waals surface area contributed by atoms with Crippen LogP contribution in [0.2, 0.25) is 0 Å². The Labute approximate surface area is 136 Å². The van der Waals surface area contributed by atoms with E-state index in [4.69, 9.17) is 4.74 Å². The van der Waals surface area contributed by atoms with E-state index in [1.807, 2.05) is 13.0 Å². The molecule has 2 rings (SSSR count). The number of benzene rings is 2. The minimum Gasteiger partial charge on any atom is -0.504 e. The molecular weight excluding hydrogens is 348 g/mol. The number of hydrogen-bond acceptors (Lipinski definition) is 4. The van der Waals surface area contributed by atoms with Crippen LogP contribution < -0.4 is 10.2 Å². The van der Waals surface area contributed by atoms with Crippen LogP contribution in [-0.2, 0) is 0 Å². The van der Waals surface area contributed by atoms with Gasteiger partial charge in [-0.05, 0) is 48.4 Å². The minimum atomic E-state index is -0.310. The van der Waals surface area contributed by atoms with Gasteiger partial charge in [0.15, 0.2) is 11.5 Å². The molecule has 0 fully saturated rings. The highest BCUT2D eigenvalue weighted by Crippen LogP contribution is 2.25. The Morgan fingerprint density at radius 1 is 1.32 bits per heavy atom. The summed E-state index contributed by atoms with van der Waals surface area (Å²) in [7, 11) is 1.47. The van der Waals surface area contributed by atoms with Crippen molar-refractivity contribution in [2.75, 3.05) is 7.11 Å². The van der Waals surface area contributed by atoms with Gasteiger partial charge in [-0.2, -0.15) is 5.10 Å². The second-order valence-electron chi connectivity index (χ2n) is 4.59. The highest BCUT2D eigenvalue weighted by atomic mass is 79.9. The van der Waals surface area contributed by atoms with Crippen molar-refractivity contribution in [2.24, 2.45) is 5.10 Å². The highest BCUT2D eigenvalue weighted by Gasteiger charge is 2.06. The van der Waals surface area contributed by atoms with E-state index in [0.29, 0.717) is 16.9 Å². The van der Waals surface area contributed by atoms with Crippen molar-refractivity contribution in [3.8, 4) is 11.5 Å². The van der Waals surface area contributed by atoms with Crippen LogP contribution in [0.15, 0.2) is 46.0 Å². The number of hydrogen-bond donors (Lipinski definition) is 2. The number of aromatic hydroxyl groups is 1. The van der Waals surface area contributed by atoms with Crippen LogP contribution in [0.25, 0.3) is 0 Å². The quantitative estimate of drug-likeness (QED) is 0.647. The molecule has 5 nitrogen and oxygen atoms in total. The zero-order valence-corrected chi connectivity index (χ0v) is 13.7. The van der Waals surface area contributed by atoms with Gasteiger partial charge in [0.25, 0.3) is 5.91 Å². The van der Waals surface area contributed by atoms with Gasteiger partial charge in [-0.1, -0.05) is 22.0 Å². The van der Waals surface area contributed by atoms with Crippen molar-refractivity contribution in [2.45, 2.75) is 6.92 Å². The number of carbonyl (C=O) groups excluding carboxylic acids is 1. The third kappa shape index (κ3) is 3.85. The van der Waals surface area contributed by atoms with Gasteiger partial charge in [0.05, 0.1) is 13.3 Å². The Kier molecular flexibility index (Phi) is 5.16. The molecule has 0 aromatic heterocycles. The second-order valence-corrected chi connectivity index (χ2v) is 5.45. The number of amides is 1. The maximum atomic E-state index is 12.0. The minimum absolute atomic E-state index is 0.0141. The molecule has 0 aliphatic heterocycles. The molecular formula is C16H15BrN2O3. The predicted molar refractivity (Wildman–Crippen MR) is 88.6 cm³/mol. The first kappa shape index (κ1) is 16.0. The first-order chi connectivity index (χ1) is 10.5. The van der Waals surface area contributed by atoms with E-state index < -0.39 is 0 Å². The van der Waals surface area contributed by atoms with Gasteiger partial charge in [0.1, 0.15) is 0 Å². The summed E-state index contributed by atoms with van der Waals surface area (Å²) in [6, 6.07) is 10.1. The van der Waals surface area contributed by atoms with E-state index in [2.05, 4.69) is 26.5 Å². The monoisotopic (exact) mass is 362 g/mol. The average molecular weight is 363 g/mol. The summed E-state index contributed by atoms with van der Waals surface area (Å²) in [6.45, 7) is 1.94. The zero-order valence-electron chi connectivity index (χ0n) is 12.1. The van der Waals surface area contributed by atoms with Crippen LogP contribution in [0.1, 0.15) is 21.5 Å². The van der Waals surface area contributed by atoms with Crippen molar-refractivity contribution in [3.63, 3.8) is 0 Å². The van der Waals surface area contributed by atoms with Gasteiger partial charge >= 0.3 is 0 Å². The number of nitrogens with one attached hydrogen (secondary N) is 1. The fourth-order valence-corrected chi connectivity index (χ4v) is 2.13. The number of methoxy groups -OCH3 is 1. The maximum absolute atomic E-state index is 12.0. The molecule has 22 heavy (non-hydrogen) atoms. The van der Waals surface area contributed by atoms with Crippen LogP contribution in [0.5, 0.6) is 11.5 Å². The molecule has 2 aromatic carbocycles. The first-order valence-electron chi connectivity index (χ1n) is 6.48. The van der Waals surface area contributed by atoms with Crippen molar-refractivity contribution >= 4 is 28.1 Å². The topological polar surface area (TPSA) is 70.9 Å². The maximum Gasteiger partial charge on any atom is 0.271 e. The van der Waals surface area contributed by atoms with Gasteiger partial charge in [0.2, 0.25) is 0 Å². The van der Waals surface area contributed by atoms with Gasteiger partial charge < -0.3 is 9.84 Å². The average Bonchev–Trinajstić information content (AvgIpc) is 2.50. The molecule has 0 unspecified atom stereocenters. The fraction of sp³-hybridized carbons (Fsp3) is 0.125. The predicted octanol–water partition coefficient (Wildman–Crippen LogP) is 3.24. The van der Waals surface area contributed by atoms with Gasteiger partial charge in [-0.15, -0.1) is 0 Å². The Morgan fingerprint density at radius 2 is 2.09 bits per heavy atom. The number of nitrogens with zero attached hydrogens (tertiary/aromatic N) is 1. The lowest BCUT2D eigenvalue weighted by molar-refractivity contribution is 0.0955. The molecule has 0 atom stereocenters. The van der Waals surface area contributed by atoms with Crippen LogP contribution in [0, 0.1) is 6.92 Å².